The average Bonchev–Trinajstić information content (AvgIpc) is 3.04. The molecule has 3 aromatic rings. The Morgan fingerprint density at radius 3 is 2.82 bits per heavy atom. The van der Waals surface area contributed by atoms with Crippen molar-refractivity contribution in [2.75, 3.05) is 6.61 Å². The minimum Gasteiger partial charge on any atom is -0.462 e. The van der Waals surface area contributed by atoms with Gasteiger partial charge in [0.05, 0.1) is 23.4 Å². The highest BCUT2D eigenvalue weighted by atomic mass is 32.2. The summed E-state index contributed by atoms with van der Waals surface area (Å²) >= 11 is 1.39. The molecule has 0 aliphatic rings. The van der Waals surface area contributed by atoms with E-state index < -0.39 is 0 Å². The lowest BCUT2D eigenvalue weighted by Crippen LogP contribution is -2.17. The molecule has 0 bridgehead atoms. The number of esters is 1. The topological polar surface area (TPSA) is 89.9 Å². The fourth-order valence-electron chi connectivity index (χ4n) is 3.08. The van der Waals surface area contributed by atoms with Crippen molar-refractivity contribution in [1.82, 2.24) is 19.7 Å². The number of nitrogens with zero attached hydrogens (tertiary/aromatic N) is 3. The minimum atomic E-state index is -0.376. The van der Waals surface area contributed by atoms with Gasteiger partial charge in [-0.15, -0.1) is 5.10 Å². The summed E-state index contributed by atoms with van der Waals surface area (Å²) in [6.45, 7) is 6.68. The first-order valence-electron chi connectivity index (χ1n) is 9.40. The molecular weight excluding hydrogens is 376 g/mol. The number of carbonyl (C=O) groups excluding carboxylic acids is 1. The molecule has 3 rings (SSSR count). The molecule has 2 aromatic heterocycles. The standard InChI is InChI=1S/C20H24N4O3S/c1-4-6-11-24-19(26)22-23-20(24)28-12-16-17(18(25)27-5-2)13(3)14-9-7-8-10-15(14)21-16/h7-10H,4-6,11-12H2,1-3H3,(H,22,26). The van der Waals surface area contributed by atoms with Gasteiger partial charge in [0, 0.05) is 17.7 Å². The first-order chi connectivity index (χ1) is 13.6. The number of para-hydroxylation sites is 1. The summed E-state index contributed by atoms with van der Waals surface area (Å²) in [5.74, 6) is 0.0372. The maximum Gasteiger partial charge on any atom is 0.343 e. The molecule has 148 valence electrons. The van der Waals surface area contributed by atoms with E-state index in [0.717, 1.165) is 29.3 Å². The third-order valence-corrected chi connectivity index (χ3v) is 5.49. The largest absolute Gasteiger partial charge is 0.462 e. The van der Waals surface area contributed by atoms with E-state index in [1.165, 1.54) is 11.8 Å². The van der Waals surface area contributed by atoms with Crippen molar-refractivity contribution in [3.63, 3.8) is 0 Å². The van der Waals surface area contributed by atoms with Crippen LogP contribution >= 0.6 is 11.8 Å². The van der Waals surface area contributed by atoms with Gasteiger partial charge in [-0.1, -0.05) is 43.3 Å². The number of thioether (sulfide) groups is 1. The zero-order valence-electron chi connectivity index (χ0n) is 16.3. The number of rotatable bonds is 8. The molecule has 0 aliphatic heterocycles. The molecule has 7 nitrogen and oxygen atoms in total. The van der Waals surface area contributed by atoms with Crippen LogP contribution in [0.3, 0.4) is 0 Å². The summed E-state index contributed by atoms with van der Waals surface area (Å²) in [6.07, 6.45) is 1.88. The van der Waals surface area contributed by atoms with Crippen molar-refractivity contribution in [2.45, 2.75) is 51.1 Å². The molecule has 1 aromatic carbocycles. The van der Waals surface area contributed by atoms with Gasteiger partial charge < -0.3 is 4.74 Å². The lowest BCUT2D eigenvalue weighted by molar-refractivity contribution is 0.0524. The van der Waals surface area contributed by atoms with E-state index in [2.05, 4.69) is 17.1 Å². The molecule has 0 saturated heterocycles. The molecule has 0 radical (unpaired) electrons. The lowest BCUT2D eigenvalue weighted by Gasteiger charge is -2.13. The molecule has 0 unspecified atom stereocenters. The van der Waals surface area contributed by atoms with E-state index in [1.54, 1.807) is 11.5 Å². The lowest BCUT2D eigenvalue weighted by atomic mass is 10.0. The summed E-state index contributed by atoms with van der Waals surface area (Å²) < 4.78 is 6.90. The fourth-order valence-corrected chi connectivity index (χ4v) is 3.99. The van der Waals surface area contributed by atoms with Crippen molar-refractivity contribution in [1.29, 1.82) is 0 Å². The van der Waals surface area contributed by atoms with Crippen LogP contribution in [0, 0.1) is 6.92 Å². The molecule has 0 amide bonds. The number of pyridine rings is 1. The van der Waals surface area contributed by atoms with Crippen LogP contribution in [-0.2, 0) is 17.0 Å². The van der Waals surface area contributed by atoms with Gasteiger partial charge in [0.15, 0.2) is 5.16 Å². The van der Waals surface area contributed by atoms with Crippen LogP contribution in [0.1, 0.15) is 48.3 Å². The van der Waals surface area contributed by atoms with E-state index in [1.807, 2.05) is 31.2 Å². The van der Waals surface area contributed by atoms with E-state index in [-0.39, 0.29) is 11.7 Å². The number of H-pyrrole nitrogens is 1. The number of ether oxygens (including phenoxy) is 1. The number of carbonyl (C=O) groups is 1. The predicted octanol–water partition coefficient (Wildman–Crippen LogP) is 3.70. The molecule has 0 fully saturated rings. The molecule has 8 heteroatoms. The first kappa shape index (κ1) is 20.1. The Labute approximate surface area is 167 Å². The molecule has 0 aliphatic carbocycles. The quantitative estimate of drug-likeness (QED) is 0.458. The maximum absolute atomic E-state index is 12.6. The number of fused-ring (bicyclic) bond motifs is 1. The Bertz CT molecular complexity index is 1040. The molecule has 0 saturated carbocycles. The Morgan fingerprint density at radius 2 is 2.07 bits per heavy atom. The van der Waals surface area contributed by atoms with Crippen molar-refractivity contribution in [3.8, 4) is 0 Å². The van der Waals surface area contributed by atoms with Gasteiger partial charge in [-0.3, -0.25) is 9.55 Å². The number of benzene rings is 1. The number of nitrogens with one attached hydrogen (secondary N) is 1. The second-order valence-corrected chi connectivity index (χ2v) is 7.34. The van der Waals surface area contributed by atoms with Gasteiger partial charge in [0.25, 0.3) is 0 Å². The van der Waals surface area contributed by atoms with E-state index >= 15 is 0 Å². The van der Waals surface area contributed by atoms with Gasteiger partial charge in [0.2, 0.25) is 0 Å². The first-order valence-corrected chi connectivity index (χ1v) is 10.4. The van der Waals surface area contributed by atoms with Crippen LogP contribution < -0.4 is 5.69 Å². The predicted molar refractivity (Wildman–Crippen MR) is 110 cm³/mol. The second kappa shape index (κ2) is 9.05. The van der Waals surface area contributed by atoms with Crippen molar-refractivity contribution in [3.05, 3.63) is 51.6 Å². The fraction of sp³-hybridized carbons (Fsp3) is 0.400. The molecule has 1 N–H and O–H groups in total. The van der Waals surface area contributed by atoms with Crippen LogP contribution in [0.25, 0.3) is 10.9 Å². The highest BCUT2D eigenvalue weighted by Gasteiger charge is 2.21. The number of aromatic nitrogens is 4. The summed E-state index contributed by atoms with van der Waals surface area (Å²) in [7, 11) is 0. The van der Waals surface area contributed by atoms with Gasteiger partial charge in [-0.25, -0.2) is 14.7 Å². The maximum atomic E-state index is 12.6. The molecule has 2 heterocycles. The number of hydrogen-bond acceptors (Lipinski definition) is 6. The van der Waals surface area contributed by atoms with Gasteiger partial charge in [-0.2, -0.15) is 0 Å². The summed E-state index contributed by atoms with van der Waals surface area (Å²) in [5.41, 5.74) is 2.59. The zero-order chi connectivity index (χ0) is 20.1. The van der Waals surface area contributed by atoms with Crippen LogP contribution in [0.15, 0.2) is 34.2 Å². The smallest absolute Gasteiger partial charge is 0.343 e. The molecular formula is C20H24N4O3S. The van der Waals surface area contributed by atoms with Crippen molar-refractivity contribution < 1.29 is 9.53 Å². The van der Waals surface area contributed by atoms with Crippen LogP contribution in [0.2, 0.25) is 0 Å². The zero-order valence-corrected chi connectivity index (χ0v) is 17.1. The summed E-state index contributed by atoms with van der Waals surface area (Å²) in [5, 5.41) is 8.16. The minimum absolute atomic E-state index is 0.218. The SMILES string of the molecule is CCCCn1c(SCc2nc3ccccc3c(C)c2C(=O)OCC)n[nH]c1=O. The Hall–Kier alpha value is -2.61. The third kappa shape index (κ3) is 4.11. The Morgan fingerprint density at radius 1 is 1.29 bits per heavy atom. The van der Waals surface area contributed by atoms with Crippen LogP contribution in [0.5, 0.6) is 0 Å². The second-order valence-electron chi connectivity index (χ2n) is 6.40. The van der Waals surface area contributed by atoms with Gasteiger partial charge in [0.1, 0.15) is 0 Å². The van der Waals surface area contributed by atoms with Crippen LogP contribution in [0.4, 0.5) is 0 Å². The highest BCUT2D eigenvalue weighted by Crippen LogP contribution is 2.28. The molecule has 28 heavy (non-hydrogen) atoms. The normalized spacial score (nSPS) is 11.1. The monoisotopic (exact) mass is 400 g/mol. The van der Waals surface area contributed by atoms with Crippen LogP contribution in [-0.4, -0.2) is 32.3 Å². The summed E-state index contributed by atoms with van der Waals surface area (Å²) in [6, 6.07) is 7.73. The highest BCUT2D eigenvalue weighted by molar-refractivity contribution is 7.98. The number of aryl methyl sites for hydroxylation is 1. The number of unbranched alkanes of at least 4 members (excludes halogenated alkanes) is 1. The number of hydrogen-bond donors (Lipinski definition) is 1. The van der Waals surface area contributed by atoms with E-state index in [9.17, 15) is 9.59 Å². The van der Waals surface area contributed by atoms with Crippen molar-refractivity contribution >= 4 is 28.6 Å². The number of aromatic amines is 1. The Kier molecular flexibility index (Phi) is 6.51. The van der Waals surface area contributed by atoms with Gasteiger partial charge in [-0.05, 0) is 31.9 Å². The molecule has 0 spiro atoms. The van der Waals surface area contributed by atoms with E-state index in [0.29, 0.717) is 35.3 Å². The van der Waals surface area contributed by atoms with Gasteiger partial charge >= 0.3 is 11.7 Å². The summed E-state index contributed by atoms with van der Waals surface area (Å²) in [4.78, 5) is 29.3. The Balaban J connectivity index is 1.97. The third-order valence-electron chi connectivity index (χ3n) is 4.50. The average molecular weight is 401 g/mol. The van der Waals surface area contributed by atoms with E-state index in [4.69, 9.17) is 9.72 Å². The molecule has 0 atom stereocenters. The van der Waals surface area contributed by atoms with Crippen molar-refractivity contribution in [2.24, 2.45) is 0 Å².